The number of aryl methyl sites for hydroxylation is 1. The van der Waals surface area contributed by atoms with Crippen LogP contribution in [0.5, 0.6) is 5.75 Å². The van der Waals surface area contributed by atoms with Crippen molar-refractivity contribution in [3.8, 4) is 11.8 Å². The number of rotatable bonds is 3. The molecule has 106 valence electrons. The highest BCUT2D eigenvalue weighted by Crippen LogP contribution is 2.38. The average Bonchev–Trinajstić information content (AvgIpc) is 2.55. The van der Waals surface area contributed by atoms with E-state index in [0.29, 0.717) is 0 Å². The van der Waals surface area contributed by atoms with Crippen LogP contribution < -0.4 is 4.74 Å². The molecule has 0 heterocycles. The molecule has 2 aromatic carbocycles. The maximum atomic E-state index is 9.77. The van der Waals surface area contributed by atoms with Crippen molar-refractivity contribution >= 4 is 0 Å². The van der Waals surface area contributed by atoms with Gasteiger partial charge < -0.3 is 4.74 Å². The first-order chi connectivity index (χ1) is 10.2. The van der Waals surface area contributed by atoms with Crippen LogP contribution in [0.1, 0.15) is 23.1 Å². The lowest BCUT2D eigenvalue weighted by molar-refractivity contribution is 0.338. The van der Waals surface area contributed by atoms with E-state index in [1.807, 2.05) is 18.2 Å². The number of hydrogen-bond donors (Lipinski definition) is 0. The van der Waals surface area contributed by atoms with Crippen molar-refractivity contribution in [1.82, 2.24) is 0 Å². The predicted molar refractivity (Wildman–Crippen MR) is 83.2 cm³/mol. The Morgan fingerprint density at radius 3 is 2.71 bits per heavy atom. The molecule has 0 bridgehead atoms. The summed E-state index contributed by atoms with van der Waals surface area (Å²) >= 11 is 0. The van der Waals surface area contributed by atoms with E-state index >= 15 is 0 Å². The van der Waals surface area contributed by atoms with Gasteiger partial charge in [-0.25, -0.2) is 0 Å². The second-order valence-corrected chi connectivity index (χ2v) is 5.87. The summed E-state index contributed by atoms with van der Waals surface area (Å²) in [5, 5.41) is 9.77. The second kappa shape index (κ2) is 5.61. The molecule has 1 aliphatic carbocycles. The van der Waals surface area contributed by atoms with Gasteiger partial charge >= 0.3 is 0 Å². The molecule has 3 rings (SSSR count). The number of methoxy groups -OCH3 is 1. The summed E-state index contributed by atoms with van der Waals surface area (Å²) in [5.74, 6) is 0.858. The summed E-state index contributed by atoms with van der Waals surface area (Å²) in [7, 11) is 1.68. The van der Waals surface area contributed by atoms with Crippen molar-refractivity contribution in [2.24, 2.45) is 5.41 Å². The van der Waals surface area contributed by atoms with Gasteiger partial charge in [-0.15, -0.1) is 0 Å². The van der Waals surface area contributed by atoms with Crippen molar-refractivity contribution < 1.29 is 4.74 Å². The molecule has 0 amide bonds. The topological polar surface area (TPSA) is 33.0 Å². The lowest BCUT2D eigenvalue weighted by atomic mass is 9.69. The van der Waals surface area contributed by atoms with Crippen LogP contribution in [0.4, 0.5) is 0 Å². The van der Waals surface area contributed by atoms with Gasteiger partial charge in [-0.1, -0.05) is 36.4 Å². The first-order valence-corrected chi connectivity index (χ1v) is 7.36. The molecule has 0 aromatic heterocycles. The third-order valence-corrected chi connectivity index (χ3v) is 4.43. The third kappa shape index (κ3) is 2.78. The molecule has 1 atom stereocenters. The summed E-state index contributed by atoms with van der Waals surface area (Å²) in [6.07, 6.45) is 3.55. The molecule has 0 aliphatic heterocycles. The Hall–Kier alpha value is -2.27. The van der Waals surface area contributed by atoms with Gasteiger partial charge in [0, 0.05) is 0 Å². The predicted octanol–water partition coefficient (Wildman–Crippen LogP) is 3.94. The van der Waals surface area contributed by atoms with Crippen molar-refractivity contribution in [2.75, 3.05) is 7.11 Å². The summed E-state index contributed by atoms with van der Waals surface area (Å²) in [6, 6.07) is 19.2. The van der Waals surface area contributed by atoms with Gasteiger partial charge in [-0.3, -0.25) is 0 Å². The zero-order valence-electron chi connectivity index (χ0n) is 12.3. The zero-order valence-corrected chi connectivity index (χ0v) is 12.3. The Balaban J connectivity index is 1.87. The molecule has 0 radical (unpaired) electrons. The maximum Gasteiger partial charge on any atom is 0.119 e. The van der Waals surface area contributed by atoms with Crippen LogP contribution in [-0.4, -0.2) is 7.11 Å². The summed E-state index contributed by atoms with van der Waals surface area (Å²) < 4.78 is 5.28. The Morgan fingerprint density at radius 2 is 1.95 bits per heavy atom. The standard InChI is InChI=1S/C19H19NO/c1-21-18-8-4-5-15(11-18)12-19(14-20)10-9-16-6-2-3-7-17(16)13-19/h2-8,11H,9-10,12-13H2,1H3. The second-order valence-electron chi connectivity index (χ2n) is 5.87. The SMILES string of the molecule is COc1cccc(CC2(C#N)CCc3ccccc3C2)c1. The van der Waals surface area contributed by atoms with Crippen LogP contribution >= 0.6 is 0 Å². The maximum absolute atomic E-state index is 9.77. The van der Waals surface area contributed by atoms with Crippen molar-refractivity contribution in [2.45, 2.75) is 25.7 Å². The minimum absolute atomic E-state index is 0.291. The van der Waals surface area contributed by atoms with E-state index in [0.717, 1.165) is 31.4 Å². The van der Waals surface area contributed by atoms with Crippen LogP contribution in [0.3, 0.4) is 0 Å². The molecule has 0 spiro atoms. The fourth-order valence-electron chi connectivity index (χ4n) is 3.26. The zero-order chi connectivity index (χ0) is 14.7. The number of nitriles is 1. The fourth-order valence-corrected chi connectivity index (χ4v) is 3.26. The summed E-state index contributed by atoms with van der Waals surface area (Å²) in [5.41, 5.74) is 3.61. The quantitative estimate of drug-likeness (QED) is 0.851. The molecular formula is C19H19NO. The van der Waals surface area contributed by atoms with Crippen molar-refractivity contribution in [1.29, 1.82) is 5.26 Å². The van der Waals surface area contributed by atoms with E-state index < -0.39 is 0 Å². The first kappa shape index (κ1) is 13.7. The van der Waals surface area contributed by atoms with Crippen LogP contribution in [0.25, 0.3) is 0 Å². The van der Waals surface area contributed by atoms with E-state index in [1.165, 1.54) is 16.7 Å². The lowest BCUT2D eigenvalue weighted by Gasteiger charge is -2.32. The van der Waals surface area contributed by atoms with E-state index in [9.17, 15) is 5.26 Å². The smallest absolute Gasteiger partial charge is 0.119 e. The van der Waals surface area contributed by atoms with Crippen LogP contribution in [0.2, 0.25) is 0 Å². The van der Waals surface area contributed by atoms with Gasteiger partial charge in [0.15, 0.2) is 0 Å². The Labute approximate surface area is 126 Å². The number of hydrogen-bond acceptors (Lipinski definition) is 2. The fraction of sp³-hybridized carbons (Fsp3) is 0.316. The van der Waals surface area contributed by atoms with Gasteiger partial charge in [-0.2, -0.15) is 5.26 Å². The molecule has 0 fully saturated rings. The molecule has 0 N–H and O–H groups in total. The molecule has 2 nitrogen and oxygen atoms in total. The van der Waals surface area contributed by atoms with Crippen LogP contribution in [0.15, 0.2) is 48.5 Å². The van der Waals surface area contributed by atoms with E-state index in [1.54, 1.807) is 7.11 Å². The molecule has 21 heavy (non-hydrogen) atoms. The number of nitrogens with zero attached hydrogens (tertiary/aromatic N) is 1. The summed E-state index contributed by atoms with van der Waals surface area (Å²) in [4.78, 5) is 0. The lowest BCUT2D eigenvalue weighted by Crippen LogP contribution is -2.29. The molecule has 2 heteroatoms. The molecule has 2 aromatic rings. The van der Waals surface area contributed by atoms with E-state index in [2.05, 4.69) is 36.4 Å². The highest BCUT2D eigenvalue weighted by atomic mass is 16.5. The van der Waals surface area contributed by atoms with Gasteiger partial charge in [0.2, 0.25) is 0 Å². The Bertz CT molecular complexity index is 686. The van der Waals surface area contributed by atoms with Crippen LogP contribution in [0, 0.1) is 16.7 Å². The Morgan fingerprint density at radius 1 is 1.14 bits per heavy atom. The summed E-state index contributed by atoms with van der Waals surface area (Å²) in [6.45, 7) is 0. The third-order valence-electron chi connectivity index (χ3n) is 4.43. The van der Waals surface area contributed by atoms with E-state index in [-0.39, 0.29) is 5.41 Å². The minimum atomic E-state index is -0.291. The normalized spacial score (nSPS) is 20.4. The highest BCUT2D eigenvalue weighted by Gasteiger charge is 2.34. The molecular weight excluding hydrogens is 258 g/mol. The van der Waals surface area contributed by atoms with Gasteiger partial charge in [0.25, 0.3) is 0 Å². The number of fused-ring (bicyclic) bond motifs is 1. The molecule has 0 saturated carbocycles. The minimum Gasteiger partial charge on any atom is -0.497 e. The molecule has 0 saturated heterocycles. The number of benzene rings is 2. The van der Waals surface area contributed by atoms with Gasteiger partial charge in [-0.05, 0) is 54.5 Å². The number of ether oxygens (including phenoxy) is 1. The van der Waals surface area contributed by atoms with Gasteiger partial charge in [0.05, 0.1) is 18.6 Å². The first-order valence-electron chi connectivity index (χ1n) is 7.36. The largest absolute Gasteiger partial charge is 0.497 e. The molecule has 1 aliphatic rings. The average molecular weight is 277 g/mol. The van der Waals surface area contributed by atoms with E-state index in [4.69, 9.17) is 4.74 Å². The monoisotopic (exact) mass is 277 g/mol. The van der Waals surface area contributed by atoms with Crippen molar-refractivity contribution in [3.63, 3.8) is 0 Å². The highest BCUT2D eigenvalue weighted by molar-refractivity contribution is 5.35. The van der Waals surface area contributed by atoms with Crippen molar-refractivity contribution in [3.05, 3.63) is 65.2 Å². The van der Waals surface area contributed by atoms with Crippen LogP contribution in [-0.2, 0) is 19.3 Å². The molecule has 1 unspecified atom stereocenters. The van der Waals surface area contributed by atoms with Gasteiger partial charge in [0.1, 0.15) is 5.75 Å². The Kier molecular flexibility index (Phi) is 3.66.